The molecule has 0 bridgehead atoms. The van der Waals surface area contributed by atoms with Crippen LogP contribution in [0.1, 0.15) is 35.7 Å². The van der Waals surface area contributed by atoms with Crippen molar-refractivity contribution in [1.82, 2.24) is 10.0 Å². The predicted molar refractivity (Wildman–Crippen MR) is 101 cm³/mol. The van der Waals surface area contributed by atoms with E-state index in [2.05, 4.69) is 10.0 Å². The Balaban J connectivity index is 2.22. The number of carbonyl (C=O) groups excluding carboxylic acids is 1. The Morgan fingerprint density at radius 1 is 1.12 bits per heavy atom. The van der Waals surface area contributed by atoms with E-state index < -0.39 is 10.0 Å². The molecule has 0 fully saturated rings. The molecule has 0 heterocycles. The highest BCUT2D eigenvalue weighted by atomic mass is 32.2. The number of carbonyl (C=O) groups is 1. The van der Waals surface area contributed by atoms with Gasteiger partial charge in [0.25, 0.3) is 5.91 Å². The van der Waals surface area contributed by atoms with E-state index in [1.54, 1.807) is 6.07 Å². The highest BCUT2D eigenvalue weighted by Gasteiger charge is 2.21. The average Bonchev–Trinajstić information content (AvgIpc) is 2.67. The second-order valence-corrected chi connectivity index (χ2v) is 7.52. The molecule has 0 aromatic heterocycles. The van der Waals surface area contributed by atoms with E-state index >= 15 is 0 Å². The molecule has 0 aliphatic carbocycles. The fourth-order valence-corrected chi connectivity index (χ4v) is 3.57. The molecule has 7 heteroatoms. The second kappa shape index (κ2) is 9.35. The first kappa shape index (κ1) is 19.9. The number of benzene rings is 2. The zero-order valence-electron chi connectivity index (χ0n) is 15.0. The summed E-state index contributed by atoms with van der Waals surface area (Å²) in [5, 5.41) is 2.78. The summed E-state index contributed by atoms with van der Waals surface area (Å²) in [5.41, 5.74) is 1.12. The van der Waals surface area contributed by atoms with Crippen molar-refractivity contribution in [2.75, 3.05) is 13.7 Å². The minimum absolute atomic E-state index is 0.0564. The number of sulfonamides is 1. The summed E-state index contributed by atoms with van der Waals surface area (Å²) in [5.74, 6) is -0.115. The van der Waals surface area contributed by atoms with E-state index in [0.29, 0.717) is 6.54 Å². The topological polar surface area (TPSA) is 84.5 Å². The van der Waals surface area contributed by atoms with Gasteiger partial charge in [-0.25, -0.2) is 13.1 Å². The van der Waals surface area contributed by atoms with Gasteiger partial charge in [-0.2, -0.15) is 0 Å². The zero-order chi connectivity index (χ0) is 19.0. The molecular formula is C19H24N2O4S. The third-order valence-corrected chi connectivity index (χ3v) is 5.26. The number of hydrogen-bond donors (Lipinski definition) is 2. The third kappa shape index (κ3) is 5.31. The SMILES string of the molecule is CCCCNC(=O)c1ccc(OC)c(S(=O)(=O)NCc2ccccc2)c1. The summed E-state index contributed by atoms with van der Waals surface area (Å²) >= 11 is 0. The standard InChI is InChI=1S/C19H24N2O4S/c1-3-4-12-20-19(22)16-10-11-17(25-2)18(13-16)26(23,24)21-14-15-8-6-5-7-9-15/h5-11,13,21H,3-4,12,14H2,1-2H3,(H,20,22). The fraction of sp³-hybridized carbons (Fsp3) is 0.316. The van der Waals surface area contributed by atoms with Crippen LogP contribution < -0.4 is 14.8 Å². The summed E-state index contributed by atoms with van der Waals surface area (Å²) in [7, 11) is -2.44. The summed E-state index contributed by atoms with van der Waals surface area (Å²) in [6.45, 7) is 2.73. The van der Waals surface area contributed by atoms with Crippen molar-refractivity contribution >= 4 is 15.9 Å². The molecule has 2 rings (SSSR count). The molecule has 2 N–H and O–H groups in total. The Bertz CT molecular complexity index is 836. The number of nitrogens with one attached hydrogen (secondary N) is 2. The van der Waals surface area contributed by atoms with Gasteiger partial charge in [-0.15, -0.1) is 0 Å². The fourth-order valence-electron chi connectivity index (χ4n) is 2.36. The van der Waals surface area contributed by atoms with E-state index in [4.69, 9.17) is 4.74 Å². The Labute approximate surface area is 154 Å². The monoisotopic (exact) mass is 376 g/mol. The maximum atomic E-state index is 12.7. The molecule has 0 radical (unpaired) electrons. The summed E-state index contributed by atoms with van der Waals surface area (Å²) in [6, 6.07) is 13.6. The van der Waals surface area contributed by atoms with Crippen molar-refractivity contribution < 1.29 is 17.9 Å². The number of rotatable bonds is 9. The van der Waals surface area contributed by atoms with Gasteiger partial charge in [0.1, 0.15) is 10.6 Å². The first-order valence-corrected chi connectivity index (χ1v) is 9.96. The molecule has 0 saturated heterocycles. The predicted octanol–water partition coefficient (Wildman–Crippen LogP) is 2.70. The van der Waals surface area contributed by atoms with Gasteiger partial charge >= 0.3 is 0 Å². The normalized spacial score (nSPS) is 11.2. The van der Waals surface area contributed by atoms with E-state index in [-0.39, 0.29) is 28.7 Å². The van der Waals surface area contributed by atoms with Gasteiger partial charge in [-0.1, -0.05) is 43.7 Å². The van der Waals surface area contributed by atoms with Crippen LogP contribution in [0.3, 0.4) is 0 Å². The Kier molecular flexibility index (Phi) is 7.17. The second-order valence-electron chi connectivity index (χ2n) is 5.79. The molecule has 0 aliphatic rings. The molecule has 0 saturated carbocycles. The summed E-state index contributed by atoms with van der Waals surface area (Å²) < 4.78 is 33.1. The van der Waals surface area contributed by atoms with Crippen molar-refractivity contribution in [3.63, 3.8) is 0 Å². The van der Waals surface area contributed by atoms with Crippen molar-refractivity contribution in [2.45, 2.75) is 31.2 Å². The quantitative estimate of drug-likeness (QED) is 0.659. The van der Waals surface area contributed by atoms with Crippen molar-refractivity contribution in [2.24, 2.45) is 0 Å². The van der Waals surface area contributed by atoms with Crippen LogP contribution in [0.25, 0.3) is 0 Å². The lowest BCUT2D eigenvalue weighted by molar-refractivity contribution is 0.0953. The molecule has 140 valence electrons. The van der Waals surface area contributed by atoms with Crippen LogP contribution in [0.2, 0.25) is 0 Å². The van der Waals surface area contributed by atoms with E-state index in [9.17, 15) is 13.2 Å². The summed E-state index contributed by atoms with van der Waals surface area (Å²) in [4.78, 5) is 12.2. The maximum Gasteiger partial charge on any atom is 0.251 e. The molecule has 1 amide bonds. The van der Waals surface area contributed by atoms with Crippen LogP contribution in [0, 0.1) is 0 Å². The van der Waals surface area contributed by atoms with Gasteiger partial charge in [-0.05, 0) is 30.2 Å². The van der Waals surface area contributed by atoms with Gasteiger partial charge in [0.15, 0.2) is 0 Å². The smallest absolute Gasteiger partial charge is 0.251 e. The average molecular weight is 376 g/mol. The lowest BCUT2D eigenvalue weighted by atomic mass is 10.2. The lowest BCUT2D eigenvalue weighted by Crippen LogP contribution is -2.26. The molecule has 2 aromatic rings. The Morgan fingerprint density at radius 2 is 1.85 bits per heavy atom. The number of methoxy groups -OCH3 is 1. The largest absolute Gasteiger partial charge is 0.495 e. The van der Waals surface area contributed by atoms with Crippen LogP contribution in [0.4, 0.5) is 0 Å². The molecule has 0 unspecified atom stereocenters. The van der Waals surface area contributed by atoms with Crippen LogP contribution in [0.15, 0.2) is 53.4 Å². The molecule has 0 spiro atoms. The van der Waals surface area contributed by atoms with Crippen molar-refractivity contribution in [1.29, 1.82) is 0 Å². The number of ether oxygens (including phenoxy) is 1. The van der Waals surface area contributed by atoms with Crippen molar-refractivity contribution in [3.8, 4) is 5.75 Å². The van der Waals surface area contributed by atoms with Gasteiger partial charge in [0.05, 0.1) is 7.11 Å². The van der Waals surface area contributed by atoms with E-state index in [1.807, 2.05) is 37.3 Å². The molecule has 0 atom stereocenters. The van der Waals surface area contributed by atoms with E-state index in [0.717, 1.165) is 18.4 Å². The first-order chi connectivity index (χ1) is 12.5. The number of unbranched alkanes of at least 4 members (excludes halogenated alkanes) is 1. The van der Waals surface area contributed by atoms with E-state index in [1.165, 1.54) is 19.2 Å². The van der Waals surface area contributed by atoms with Crippen molar-refractivity contribution in [3.05, 3.63) is 59.7 Å². The molecule has 2 aromatic carbocycles. The molecule has 26 heavy (non-hydrogen) atoms. The highest BCUT2D eigenvalue weighted by Crippen LogP contribution is 2.25. The third-order valence-electron chi connectivity index (χ3n) is 3.84. The highest BCUT2D eigenvalue weighted by molar-refractivity contribution is 7.89. The molecule has 0 aliphatic heterocycles. The minimum atomic E-state index is -3.84. The maximum absolute atomic E-state index is 12.7. The van der Waals surface area contributed by atoms with Gasteiger partial charge < -0.3 is 10.1 Å². The van der Waals surface area contributed by atoms with Gasteiger partial charge in [0, 0.05) is 18.7 Å². The van der Waals surface area contributed by atoms with Crippen LogP contribution in [0.5, 0.6) is 5.75 Å². The minimum Gasteiger partial charge on any atom is -0.495 e. The lowest BCUT2D eigenvalue weighted by Gasteiger charge is -2.13. The van der Waals surface area contributed by atoms with Crippen LogP contribution in [-0.4, -0.2) is 28.0 Å². The molecule has 6 nitrogen and oxygen atoms in total. The van der Waals surface area contributed by atoms with Crippen LogP contribution >= 0.6 is 0 Å². The van der Waals surface area contributed by atoms with Gasteiger partial charge in [0.2, 0.25) is 10.0 Å². The zero-order valence-corrected chi connectivity index (χ0v) is 15.8. The van der Waals surface area contributed by atoms with Gasteiger partial charge in [-0.3, -0.25) is 4.79 Å². The Hall–Kier alpha value is -2.38. The number of amides is 1. The first-order valence-electron chi connectivity index (χ1n) is 8.47. The Morgan fingerprint density at radius 3 is 2.50 bits per heavy atom. The molecular weight excluding hydrogens is 352 g/mol. The van der Waals surface area contributed by atoms with Crippen LogP contribution in [-0.2, 0) is 16.6 Å². The summed E-state index contributed by atoms with van der Waals surface area (Å²) in [6.07, 6.45) is 1.83. The number of hydrogen-bond acceptors (Lipinski definition) is 4.